The Morgan fingerprint density at radius 1 is 1.30 bits per heavy atom. The smallest absolute Gasteiger partial charge is 0.145 e. The number of allylic oxidation sites excluding steroid dienone is 3. The van der Waals surface area contributed by atoms with Gasteiger partial charge in [0.15, 0.2) is 0 Å². The molecule has 1 saturated heterocycles. The molecule has 1 aliphatic carbocycles. The Balaban J connectivity index is 2.06. The molecule has 2 aliphatic rings. The average Bonchev–Trinajstić information content (AvgIpc) is 2.42. The molecule has 0 spiro atoms. The van der Waals surface area contributed by atoms with Gasteiger partial charge in [0.25, 0.3) is 0 Å². The highest BCUT2D eigenvalue weighted by Gasteiger charge is 2.32. The molecule has 106 valence electrons. The van der Waals surface area contributed by atoms with Crippen LogP contribution in [0.25, 0.3) is 0 Å². The van der Waals surface area contributed by atoms with E-state index in [0.717, 1.165) is 31.1 Å². The molecule has 1 aromatic carbocycles. The van der Waals surface area contributed by atoms with Crippen molar-refractivity contribution >= 4 is 11.6 Å². The van der Waals surface area contributed by atoms with Crippen molar-refractivity contribution in [3.05, 3.63) is 57.8 Å². The first-order valence-corrected chi connectivity index (χ1v) is 7.18. The standard InChI is InChI=1S/C16H16ClF2N/c1-16(12-7-11(18)8-13(19)15(12)17)5-4-10-3-2-6-20-14(10)9-16/h4,7-9,20H,2-3,5-6H2,1H3. The van der Waals surface area contributed by atoms with Crippen LogP contribution in [0.1, 0.15) is 31.7 Å². The second-order valence-corrected chi connectivity index (χ2v) is 6.07. The van der Waals surface area contributed by atoms with Crippen molar-refractivity contribution in [1.29, 1.82) is 0 Å². The molecule has 1 atom stereocenters. The summed E-state index contributed by atoms with van der Waals surface area (Å²) in [4.78, 5) is 0. The fraction of sp³-hybridized carbons (Fsp3) is 0.375. The molecule has 0 radical (unpaired) electrons. The lowest BCUT2D eigenvalue weighted by atomic mass is 9.74. The number of fused-ring (bicyclic) bond motifs is 1. The number of benzene rings is 1. The quantitative estimate of drug-likeness (QED) is 0.754. The van der Waals surface area contributed by atoms with Crippen LogP contribution in [0.2, 0.25) is 5.02 Å². The highest BCUT2D eigenvalue weighted by molar-refractivity contribution is 6.31. The maximum atomic E-state index is 13.7. The minimum Gasteiger partial charge on any atom is -0.385 e. The van der Waals surface area contributed by atoms with E-state index in [2.05, 4.69) is 17.5 Å². The van der Waals surface area contributed by atoms with E-state index in [0.29, 0.717) is 12.0 Å². The van der Waals surface area contributed by atoms with E-state index >= 15 is 0 Å². The molecule has 0 aromatic heterocycles. The molecule has 0 saturated carbocycles. The summed E-state index contributed by atoms with van der Waals surface area (Å²) in [7, 11) is 0. The van der Waals surface area contributed by atoms with Gasteiger partial charge in [-0.15, -0.1) is 0 Å². The SMILES string of the molecule is CC1(c2cc(F)cc(F)c2Cl)C=C2NCCCC2=CC1. The van der Waals surface area contributed by atoms with Gasteiger partial charge in [-0.3, -0.25) is 0 Å². The van der Waals surface area contributed by atoms with Crippen molar-refractivity contribution in [3.8, 4) is 0 Å². The van der Waals surface area contributed by atoms with Crippen molar-refractivity contribution in [2.75, 3.05) is 6.54 Å². The van der Waals surface area contributed by atoms with E-state index in [1.807, 2.05) is 6.92 Å². The van der Waals surface area contributed by atoms with E-state index in [9.17, 15) is 8.78 Å². The van der Waals surface area contributed by atoms with Gasteiger partial charge in [0.2, 0.25) is 0 Å². The van der Waals surface area contributed by atoms with Gasteiger partial charge in [-0.25, -0.2) is 8.78 Å². The summed E-state index contributed by atoms with van der Waals surface area (Å²) < 4.78 is 27.2. The number of nitrogens with one attached hydrogen (secondary N) is 1. The lowest BCUT2D eigenvalue weighted by Crippen LogP contribution is -2.30. The minimum absolute atomic E-state index is 0.0124. The Hall–Kier alpha value is -1.35. The topological polar surface area (TPSA) is 12.0 Å². The average molecular weight is 296 g/mol. The summed E-state index contributed by atoms with van der Waals surface area (Å²) in [5.41, 5.74) is 2.39. The normalized spacial score (nSPS) is 25.4. The number of piperidine rings is 1. The zero-order valence-electron chi connectivity index (χ0n) is 11.3. The van der Waals surface area contributed by atoms with Crippen LogP contribution >= 0.6 is 11.6 Å². The summed E-state index contributed by atoms with van der Waals surface area (Å²) in [5, 5.41) is 3.37. The second-order valence-electron chi connectivity index (χ2n) is 5.69. The van der Waals surface area contributed by atoms with Gasteiger partial charge in [0, 0.05) is 23.7 Å². The summed E-state index contributed by atoms with van der Waals surface area (Å²) >= 11 is 6.05. The van der Waals surface area contributed by atoms with Gasteiger partial charge in [0.05, 0.1) is 5.02 Å². The molecule has 0 bridgehead atoms. The molecular weight excluding hydrogens is 280 g/mol. The van der Waals surface area contributed by atoms with Crippen molar-refractivity contribution < 1.29 is 8.78 Å². The predicted molar refractivity (Wildman–Crippen MR) is 76.7 cm³/mol. The molecule has 0 amide bonds. The molecule has 20 heavy (non-hydrogen) atoms. The van der Waals surface area contributed by atoms with Crippen molar-refractivity contribution in [2.45, 2.75) is 31.6 Å². The first kappa shape index (κ1) is 13.6. The van der Waals surface area contributed by atoms with Crippen molar-refractivity contribution in [1.82, 2.24) is 5.32 Å². The first-order chi connectivity index (χ1) is 9.49. The van der Waals surface area contributed by atoms with E-state index < -0.39 is 17.0 Å². The van der Waals surface area contributed by atoms with Crippen LogP contribution in [0.4, 0.5) is 8.78 Å². The molecule has 4 heteroatoms. The maximum absolute atomic E-state index is 13.7. The Labute approximate surface area is 122 Å². The Bertz CT molecular complexity index is 621. The third kappa shape index (κ3) is 2.24. The van der Waals surface area contributed by atoms with E-state index in [4.69, 9.17) is 11.6 Å². The monoisotopic (exact) mass is 295 g/mol. The van der Waals surface area contributed by atoms with Crippen LogP contribution in [-0.4, -0.2) is 6.54 Å². The van der Waals surface area contributed by atoms with Gasteiger partial charge in [-0.2, -0.15) is 0 Å². The fourth-order valence-corrected chi connectivity index (χ4v) is 3.30. The van der Waals surface area contributed by atoms with E-state index in [1.165, 1.54) is 11.6 Å². The van der Waals surface area contributed by atoms with Crippen LogP contribution in [0, 0.1) is 11.6 Å². The highest BCUT2D eigenvalue weighted by atomic mass is 35.5. The Morgan fingerprint density at radius 2 is 2.10 bits per heavy atom. The zero-order chi connectivity index (χ0) is 14.3. The first-order valence-electron chi connectivity index (χ1n) is 6.81. The second kappa shape index (κ2) is 4.88. The fourth-order valence-electron chi connectivity index (χ4n) is 2.98. The largest absolute Gasteiger partial charge is 0.385 e. The van der Waals surface area contributed by atoms with Crippen LogP contribution in [0.3, 0.4) is 0 Å². The predicted octanol–water partition coefficient (Wildman–Crippen LogP) is 4.47. The molecule has 1 nitrogen and oxygen atoms in total. The number of halogens is 3. The summed E-state index contributed by atoms with van der Waals surface area (Å²) in [6.45, 7) is 2.90. The van der Waals surface area contributed by atoms with Crippen LogP contribution in [0.15, 0.2) is 35.6 Å². The summed E-state index contributed by atoms with van der Waals surface area (Å²) in [6.07, 6.45) is 7.09. The van der Waals surface area contributed by atoms with Crippen molar-refractivity contribution in [3.63, 3.8) is 0 Å². The van der Waals surface area contributed by atoms with Crippen LogP contribution in [-0.2, 0) is 5.41 Å². The number of rotatable bonds is 1. The summed E-state index contributed by atoms with van der Waals surface area (Å²) in [6, 6.07) is 2.16. The molecule has 3 rings (SSSR count). The van der Waals surface area contributed by atoms with Gasteiger partial charge < -0.3 is 5.32 Å². The molecule has 1 unspecified atom stereocenters. The van der Waals surface area contributed by atoms with Gasteiger partial charge in [0.1, 0.15) is 11.6 Å². The van der Waals surface area contributed by atoms with Crippen LogP contribution < -0.4 is 5.32 Å². The molecule has 1 aromatic rings. The Kier molecular flexibility index (Phi) is 3.33. The third-order valence-corrected chi connectivity index (χ3v) is 4.51. The third-order valence-electron chi connectivity index (χ3n) is 4.13. The van der Waals surface area contributed by atoms with Gasteiger partial charge in [-0.05, 0) is 36.5 Å². The number of hydrogen-bond acceptors (Lipinski definition) is 1. The minimum atomic E-state index is -0.701. The zero-order valence-corrected chi connectivity index (χ0v) is 12.0. The van der Waals surface area contributed by atoms with E-state index in [1.54, 1.807) is 0 Å². The lowest BCUT2D eigenvalue weighted by molar-refractivity contribution is 0.533. The Morgan fingerprint density at radius 3 is 2.90 bits per heavy atom. The lowest BCUT2D eigenvalue weighted by Gasteiger charge is -2.34. The van der Waals surface area contributed by atoms with E-state index in [-0.39, 0.29) is 5.02 Å². The van der Waals surface area contributed by atoms with Gasteiger partial charge >= 0.3 is 0 Å². The molecule has 1 fully saturated rings. The van der Waals surface area contributed by atoms with Crippen LogP contribution in [0.5, 0.6) is 0 Å². The summed E-state index contributed by atoms with van der Waals surface area (Å²) in [5.74, 6) is -1.29. The molecule has 1 aliphatic heterocycles. The number of hydrogen-bond donors (Lipinski definition) is 1. The molecular formula is C16H16ClF2N. The van der Waals surface area contributed by atoms with Crippen molar-refractivity contribution in [2.24, 2.45) is 0 Å². The van der Waals surface area contributed by atoms with Gasteiger partial charge in [-0.1, -0.05) is 30.7 Å². The molecule has 1 N–H and O–H groups in total. The maximum Gasteiger partial charge on any atom is 0.145 e. The molecule has 1 heterocycles. The highest BCUT2D eigenvalue weighted by Crippen LogP contribution is 2.41.